The van der Waals surface area contributed by atoms with E-state index in [-0.39, 0.29) is 5.97 Å². The van der Waals surface area contributed by atoms with Crippen molar-refractivity contribution in [3.8, 4) is 0 Å². The lowest BCUT2D eigenvalue weighted by Crippen LogP contribution is -2.33. The smallest absolute Gasteiger partial charge is 0.307 e. The molecule has 2 N–H and O–H groups in total. The Hall–Kier alpha value is -1.55. The molecule has 1 atom stereocenters. The number of esters is 1. The van der Waals surface area contributed by atoms with Gasteiger partial charge in [-0.3, -0.25) is 4.79 Å². The molecule has 1 aromatic rings. The highest BCUT2D eigenvalue weighted by atomic mass is 16.5. The van der Waals surface area contributed by atoms with Gasteiger partial charge in [-0.25, -0.2) is 0 Å². The van der Waals surface area contributed by atoms with E-state index in [0.717, 1.165) is 12.1 Å². The third kappa shape index (κ3) is 5.75. The van der Waals surface area contributed by atoms with Crippen LogP contribution >= 0.6 is 0 Å². The molecule has 4 heteroatoms. The number of nitrogen functional groups attached to an aromatic ring is 1. The van der Waals surface area contributed by atoms with Gasteiger partial charge in [0, 0.05) is 18.3 Å². The third-order valence-corrected chi connectivity index (χ3v) is 3.21. The number of anilines is 1. The maximum atomic E-state index is 11.3. The SMILES string of the molecule is CCOC(=O)CCN(C)C(C)Cc1cccc(N)c1. The third-order valence-electron chi connectivity index (χ3n) is 3.21. The molecule has 0 fully saturated rings. The van der Waals surface area contributed by atoms with Gasteiger partial charge in [-0.15, -0.1) is 0 Å². The van der Waals surface area contributed by atoms with Crippen LogP contribution in [0.15, 0.2) is 24.3 Å². The zero-order valence-corrected chi connectivity index (χ0v) is 12.1. The maximum Gasteiger partial charge on any atom is 0.307 e. The summed E-state index contributed by atoms with van der Waals surface area (Å²) in [5.74, 6) is -0.134. The van der Waals surface area contributed by atoms with Crippen LogP contribution in [0.25, 0.3) is 0 Å². The summed E-state index contributed by atoms with van der Waals surface area (Å²) in [4.78, 5) is 13.5. The van der Waals surface area contributed by atoms with Gasteiger partial charge in [0.2, 0.25) is 0 Å². The minimum Gasteiger partial charge on any atom is -0.466 e. The Balaban J connectivity index is 2.40. The van der Waals surface area contributed by atoms with Crippen molar-refractivity contribution < 1.29 is 9.53 Å². The minimum absolute atomic E-state index is 0.134. The van der Waals surface area contributed by atoms with Gasteiger partial charge in [0.25, 0.3) is 0 Å². The zero-order valence-electron chi connectivity index (χ0n) is 12.1. The number of hydrogen-bond acceptors (Lipinski definition) is 4. The summed E-state index contributed by atoms with van der Waals surface area (Å²) in [7, 11) is 2.02. The second-order valence-corrected chi connectivity index (χ2v) is 4.83. The summed E-state index contributed by atoms with van der Waals surface area (Å²) in [5, 5.41) is 0. The molecule has 0 aromatic heterocycles. The highest BCUT2D eigenvalue weighted by Gasteiger charge is 2.12. The average Bonchev–Trinajstić information content (AvgIpc) is 2.36. The van der Waals surface area contributed by atoms with Crippen molar-refractivity contribution in [2.75, 3.05) is 25.9 Å². The normalized spacial score (nSPS) is 12.4. The Bertz CT molecular complexity index is 407. The second-order valence-electron chi connectivity index (χ2n) is 4.83. The van der Waals surface area contributed by atoms with Crippen LogP contribution in [0, 0.1) is 0 Å². The van der Waals surface area contributed by atoms with Crippen LogP contribution < -0.4 is 5.73 Å². The first kappa shape index (κ1) is 15.5. The Kier molecular flexibility index (Phi) is 6.36. The molecular formula is C15H24N2O2. The summed E-state index contributed by atoms with van der Waals surface area (Å²) in [6.07, 6.45) is 1.36. The molecule has 0 heterocycles. The topological polar surface area (TPSA) is 55.6 Å². The van der Waals surface area contributed by atoms with Crippen LogP contribution in [-0.4, -0.2) is 37.1 Å². The molecule has 0 saturated carbocycles. The van der Waals surface area contributed by atoms with Crippen LogP contribution in [0.2, 0.25) is 0 Å². The van der Waals surface area contributed by atoms with Gasteiger partial charge in [0.05, 0.1) is 13.0 Å². The summed E-state index contributed by atoms with van der Waals surface area (Å²) in [6, 6.07) is 8.28. The number of rotatable bonds is 7. The molecule has 19 heavy (non-hydrogen) atoms. The van der Waals surface area contributed by atoms with Crippen LogP contribution in [0.3, 0.4) is 0 Å². The molecular weight excluding hydrogens is 240 g/mol. The fraction of sp³-hybridized carbons (Fsp3) is 0.533. The van der Waals surface area contributed by atoms with E-state index in [1.165, 1.54) is 5.56 Å². The molecule has 4 nitrogen and oxygen atoms in total. The molecule has 0 radical (unpaired) electrons. The van der Waals surface area contributed by atoms with Crippen LogP contribution in [0.1, 0.15) is 25.8 Å². The lowest BCUT2D eigenvalue weighted by Gasteiger charge is -2.24. The van der Waals surface area contributed by atoms with E-state index in [2.05, 4.69) is 17.9 Å². The van der Waals surface area contributed by atoms with Crippen LogP contribution in [0.5, 0.6) is 0 Å². The van der Waals surface area contributed by atoms with E-state index < -0.39 is 0 Å². The van der Waals surface area contributed by atoms with E-state index in [1.807, 2.05) is 32.2 Å². The van der Waals surface area contributed by atoms with Crippen LogP contribution in [-0.2, 0) is 16.0 Å². The number of nitrogens with two attached hydrogens (primary N) is 1. The number of likely N-dealkylation sites (N-methyl/N-ethyl adjacent to an activating group) is 1. The maximum absolute atomic E-state index is 11.3. The summed E-state index contributed by atoms with van der Waals surface area (Å²) in [6.45, 7) is 5.13. The number of ether oxygens (including phenoxy) is 1. The predicted molar refractivity (Wildman–Crippen MR) is 77.9 cm³/mol. The van der Waals surface area contributed by atoms with Crippen molar-refractivity contribution >= 4 is 11.7 Å². The molecule has 0 spiro atoms. The number of carbonyl (C=O) groups excluding carboxylic acids is 1. The molecule has 0 saturated heterocycles. The van der Waals surface area contributed by atoms with Crippen molar-refractivity contribution in [2.45, 2.75) is 32.7 Å². The average molecular weight is 264 g/mol. The highest BCUT2D eigenvalue weighted by molar-refractivity contribution is 5.69. The van der Waals surface area contributed by atoms with Gasteiger partial charge in [-0.2, -0.15) is 0 Å². The van der Waals surface area contributed by atoms with Gasteiger partial charge in [0.15, 0.2) is 0 Å². The molecule has 0 amide bonds. The molecule has 1 unspecified atom stereocenters. The Morgan fingerprint density at radius 1 is 1.47 bits per heavy atom. The van der Waals surface area contributed by atoms with Gasteiger partial charge >= 0.3 is 5.97 Å². The first-order valence-electron chi connectivity index (χ1n) is 6.73. The molecule has 0 aliphatic carbocycles. The zero-order chi connectivity index (χ0) is 14.3. The lowest BCUT2D eigenvalue weighted by molar-refractivity contribution is -0.143. The first-order chi connectivity index (χ1) is 9.02. The Labute approximate surface area is 115 Å². The molecule has 1 rings (SSSR count). The monoisotopic (exact) mass is 264 g/mol. The summed E-state index contributed by atoms with van der Waals surface area (Å²) in [5.41, 5.74) is 7.78. The van der Waals surface area contributed by atoms with Crippen molar-refractivity contribution in [1.29, 1.82) is 0 Å². The highest BCUT2D eigenvalue weighted by Crippen LogP contribution is 2.11. The summed E-state index contributed by atoms with van der Waals surface area (Å²) >= 11 is 0. The number of nitrogens with zero attached hydrogens (tertiary/aromatic N) is 1. The molecule has 1 aromatic carbocycles. The Morgan fingerprint density at radius 3 is 2.84 bits per heavy atom. The van der Waals surface area contributed by atoms with E-state index in [4.69, 9.17) is 10.5 Å². The van der Waals surface area contributed by atoms with Crippen LogP contribution in [0.4, 0.5) is 5.69 Å². The van der Waals surface area contributed by atoms with Gasteiger partial charge in [0.1, 0.15) is 0 Å². The van der Waals surface area contributed by atoms with Crippen molar-refractivity contribution in [3.63, 3.8) is 0 Å². The van der Waals surface area contributed by atoms with Crippen molar-refractivity contribution in [1.82, 2.24) is 4.90 Å². The molecule has 106 valence electrons. The largest absolute Gasteiger partial charge is 0.466 e. The second kappa shape index (κ2) is 7.79. The van der Waals surface area contributed by atoms with Gasteiger partial charge in [-0.1, -0.05) is 12.1 Å². The predicted octanol–water partition coefficient (Wildman–Crippen LogP) is 2.08. The van der Waals surface area contributed by atoms with Gasteiger partial charge < -0.3 is 15.4 Å². The number of hydrogen-bond donors (Lipinski definition) is 1. The standard InChI is InChI=1S/C15H24N2O2/c1-4-19-15(18)8-9-17(3)12(2)10-13-6-5-7-14(16)11-13/h5-7,11-12H,4,8-10,16H2,1-3H3. The lowest BCUT2D eigenvalue weighted by atomic mass is 10.1. The first-order valence-corrected chi connectivity index (χ1v) is 6.73. The van der Waals surface area contributed by atoms with Crippen molar-refractivity contribution in [3.05, 3.63) is 29.8 Å². The van der Waals surface area contributed by atoms with E-state index in [9.17, 15) is 4.79 Å². The quantitative estimate of drug-likeness (QED) is 0.605. The Morgan fingerprint density at radius 2 is 2.21 bits per heavy atom. The van der Waals surface area contributed by atoms with Gasteiger partial charge in [-0.05, 0) is 45.0 Å². The van der Waals surface area contributed by atoms with Crippen molar-refractivity contribution in [2.24, 2.45) is 0 Å². The molecule has 0 aliphatic rings. The fourth-order valence-corrected chi connectivity index (χ4v) is 1.94. The van der Waals surface area contributed by atoms with E-state index >= 15 is 0 Å². The van der Waals surface area contributed by atoms with E-state index in [0.29, 0.717) is 25.6 Å². The minimum atomic E-state index is -0.134. The molecule has 0 aliphatic heterocycles. The number of benzene rings is 1. The number of carbonyl (C=O) groups is 1. The molecule has 0 bridgehead atoms. The summed E-state index contributed by atoms with van der Waals surface area (Å²) < 4.78 is 4.92. The fourth-order valence-electron chi connectivity index (χ4n) is 1.94. The van der Waals surface area contributed by atoms with E-state index in [1.54, 1.807) is 0 Å².